The van der Waals surface area contributed by atoms with E-state index < -0.39 is 10.0 Å². The van der Waals surface area contributed by atoms with Gasteiger partial charge in [-0.2, -0.15) is 0 Å². The van der Waals surface area contributed by atoms with E-state index in [1.165, 1.54) is 37.6 Å². The lowest BCUT2D eigenvalue weighted by Crippen LogP contribution is -2.28. The van der Waals surface area contributed by atoms with E-state index >= 15 is 0 Å². The molecule has 0 radical (unpaired) electrons. The van der Waals surface area contributed by atoms with Gasteiger partial charge in [-0.15, -0.1) is 0 Å². The van der Waals surface area contributed by atoms with Crippen molar-refractivity contribution >= 4 is 21.6 Å². The summed E-state index contributed by atoms with van der Waals surface area (Å²) in [6.45, 7) is 0.477. The van der Waals surface area contributed by atoms with Gasteiger partial charge < -0.3 is 5.32 Å². The highest BCUT2D eigenvalue weighted by atomic mass is 32.2. The monoisotopic (exact) mass is 395 g/mol. The number of nitrogens with one attached hydrogen (secondary N) is 1. The van der Waals surface area contributed by atoms with Crippen LogP contribution in [0.5, 0.6) is 0 Å². The molecular weight excluding hydrogens is 374 g/mol. The molecule has 1 heterocycles. The molecule has 1 N–H and O–H groups in total. The summed E-state index contributed by atoms with van der Waals surface area (Å²) in [5.41, 5.74) is 1.75. The number of carbonyl (C=O) groups is 1. The van der Waals surface area contributed by atoms with Gasteiger partial charge in [-0.3, -0.25) is 14.1 Å². The number of hydrogen-bond donors (Lipinski definition) is 1. The topological polar surface area (TPSA) is 79.4 Å². The first-order chi connectivity index (χ1) is 13.5. The third-order valence-corrected chi connectivity index (χ3v) is 6.09. The summed E-state index contributed by atoms with van der Waals surface area (Å²) < 4.78 is 26.6. The van der Waals surface area contributed by atoms with Crippen LogP contribution in [0.2, 0.25) is 0 Å². The second-order valence-electron chi connectivity index (χ2n) is 6.21. The number of benzene rings is 2. The molecule has 0 saturated carbocycles. The minimum atomic E-state index is -3.73. The van der Waals surface area contributed by atoms with E-state index in [0.29, 0.717) is 24.2 Å². The molecule has 1 aromatic heterocycles. The van der Waals surface area contributed by atoms with Crippen molar-refractivity contribution < 1.29 is 13.2 Å². The van der Waals surface area contributed by atoms with Gasteiger partial charge in [-0.1, -0.05) is 48.5 Å². The lowest BCUT2D eigenvalue weighted by molar-refractivity contribution is 0.0954. The summed E-state index contributed by atoms with van der Waals surface area (Å²) >= 11 is 0. The summed E-state index contributed by atoms with van der Waals surface area (Å²) in [5.74, 6) is -0.296. The summed E-state index contributed by atoms with van der Waals surface area (Å²) in [6, 6.07) is 19.5. The van der Waals surface area contributed by atoms with Crippen LogP contribution in [0.15, 0.2) is 84.0 Å². The highest BCUT2D eigenvalue weighted by molar-refractivity contribution is 7.92. The van der Waals surface area contributed by atoms with Crippen LogP contribution in [0.25, 0.3) is 0 Å². The molecule has 0 bridgehead atoms. The number of carbonyl (C=O) groups excluding carboxylic acids is 1. The Morgan fingerprint density at radius 1 is 1.00 bits per heavy atom. The van der Waals surface area contributed by atoms with Crippen molar-refractivity contribution in [3.8, 4) is 0 Å². The van der Waals surface area contributed by atoms with Crippen LogP contribution in [-0.2, 0) is 16.4 Å². The number of aromatic nitrogens is 1. The van der Waals surface area contributed by atoms with E-state index in [4.69, 9.17) is 0 Å². The predicted octanol–water partition coefficient (Wildman–Crippen LogP) is 2.88. The first kappa shape index (κ1) is 19.6. The van der Waals surface area contributed by atoms with Gasteiger partial charge in [0.25, 0.3) is 15.9 Å². The van der Waals surface area contributed by atoms with Crippen LogP contribution in [-0.4, -0.2) is 32.9 Å². The second-order valence-corrected chi connectivity index (χ2v) is 8.18. The molecule has 144 valence electrons. The Bertz CT molecular complexity index is 1040. The number of amides is 1. The van der Waals surface area contributed by atoms with Gasteiger partial charge in [-0.05, 0) is 30.2 Å². The van der Waals surface area contributed by atoms with Gasteiger partial charge in [0.1, 0.15) is 0 Å². The fourth-order valence-corrected chi connectivity index (χ4v) is 3.88. The average molecular weight is 395 g/mol. The molecule has 3 rings (SSSR count). The Morgan fingerprint density at radius 2 is 1.64 bits per heavy atom. The van der Waals surface area contributed by atoms with Gasteiger partial charge in [0, 0.05) is 19.8 Å². The zero-order valence-corrected chi connectivity index (χ0v) is 16.3. The molecule has 0 fully saturated rings. The van der Waals surface area contributed by atoms with E-state index in [0.717, 1.165) is 9.87 Å². The summed E-state index contributed by atoms with van der Waals surface area (Å²) in [5, 5.41) is 2.84. The van der Waals surface area contributed by atoms with E-state index in [1.807, 2.05) is 30.3 Å². The number of anilines is 1. The molecule has 6 nitrogen and oxygen atoms in total. The van der Waals surface area contributed by atoms with Crippen molar-refractivity contribution in [2.75, 3.05) is 17.9 Å². The molecule has 28 heavy (non-hydrogen) atoms. The van der Waals surface area contributed by atoms with Gasteiger partial charge in [0.05, 0.1) is 22.3 Å². The zero-order valence-electron chi connectivity index (χ0n) is 15.4. The smallest absolute Gasteiger partial charge is 0.264 e. The molecule has 0 spiro atoms. The molecule has 0 aliphatic rings. The van der Waals surface area contributed by atoms with E-state index in [2.05, 4.69) is 10.3 Å². The number of hydrogen-bond acceptors (Lipinski definition) is 4. The SMILES string of the molecule is CN(c1cncc(C(=O)NCCc2ccccc2)c1)S(=O)(=O)c1ccccc1. The summed E-state index contributed by atoms with van der Waals surface area (Å²) in [4.78, 5) is 16.6. The van der Waals surface area contributed by atoms with Crippen LogP contribution in [0.1, 0.15) is 15.9 Å². The predicted molar refractivity (Wildman–Crippen MR) is 109 cm³/mol. The Kier molecular flexibility index (Phi) is 6.06. The van der Waals surface area contributed by atoms with Gasteiger partial charge >= 0.3 is 0 Å². The quantitative estimate of drug-likeness (QED) is 0.667. The largest absolute Gasteiger partial charge is 0.352 e. The van der Waals surface area contributed by atoms with Crippen molar-refractivity contribution in [1.82, 2.24) is 10.3 Å². The third-order valence-electron chi connectivity index (χ3n) is 4.29. The van der Waals surface area contributed by atoms with Crippen molar-refractivity contribution in [2.45, 2.75) is 11.3 Å². The Balaban J connectivity index is 1.70. The molecule has 3 aromatic rings. The van der Waals surface area contributed by atoms with Gasteiger partial charge in [0.2, 0.25) is 0 Å². The molecule has 0 saturated heterocycles. The fraction of sp³-hybridized carbons (Fsp3) is 0.143. The number of rotatable bonds is 7. The minimum absolute atomic E-state index is 0.176. The van der Waals surface area contributed by atoms with Crippen molar-refractivity contribution in [3.63, 3.8) is 0 Å². The fourth-order valence-electron chi connectivity index (χ4n) is 2.68. The molecule has 2 aromatic carbocycles. The Labute approximate surface area is 164 Å². The van der Waals surface area contributed by atoms with Crippen LogP contribution >= 0.6 is 0 Å². The van der Waals surface area contributed by atoms with Crippen molar-refractivity contribution in [2.24, 2.45) is 0 Å². The average Bonchev–Trinajstić information content (AvgIpc) is 2.74. The molecule has 0 unspecified atom stereocenters. The summed E-state index contributed by atoms with van der Waals surface area (Å²) in [6.07, 6.45) is 3.55. The standard InChI is InChI=1S/C21H21N3O3S/c1-24(28(26,27)20-10-6-3-7-11-20)19-14-18(15-22-16-19)21(25)23-13-12-17-8-4-2-5-9-17/h2-11,14-16H,12-13H2,1H3,(H,23,25). The lowest BCUT2D eigenvalue weighted by Gasteiger charge is -2.19. The van der Waals surface area contributed by atoms with Crippen LogP contribution < -0.4 is 9.62 Å². The van der Waals surface area contributed by atoms with Gasteiger partial charge in [0.15, 0.2) is 0 Å². The molecule has 7 heteroatoms. The molecule has 0 aliphatic heterocycles. The normalized spacial score (nSPS) is 11.0. The van der Waals surface area contributed by atoms with Crippen LogP contribution in [0.4, 0.5) is 5.69 Å². The number of nitrogens with zero attached hydrogens (tertiary/aromatic N) is 2. The Hall–Kier alpha value is -3.19. The maximum atomic E-state index is 12.7. The molecule has 1 amide bonds. The van der Waals surface area contributed by atoms with Crippen molar-refractivity contribution in [3.05, 3.63) is 90.3 Å². The van der Waals surface area contributed by atoms with E-state index in [-0.39, 0.29) is 10.8 Å². The van der Waals surface area contributed by atoms with E-state index in [9.17, 15) is 13.2 Å². The zero-order chi connectivity index (χ0) is 20.0. The highest BCUT2D eigenvalue weighted by Gasteiger charge is 2.22. The van der Waals surface area contributed by atoms with Gasteiger partial charge in [-0.25, -0.2) is 8.42 Å². The van der Waals surface area contributed by atoms with E-state index in [1.54, 1.807) is 18.2 Å². The minimum Gasteiger partial charge on any atom is -0.352 e. The maximum Gasteiger partial charge on any atom is 0.264 e. The molecule has 0 atom stereocenters. The molecular formula is C21H21N3O3S. The van der Waals surface area contributed by atoms with Crippen LogP contribution in [0.3, 0.4) is 0 Å². The van der Waals surface area contributed by atoms with Crippen molar-refractivity contribution in [1.29, 1.82) is 0 Å². The number of pyridine rings is 1. The number of sulfonamides is 1. The third kappa shape index (κ3) is 4.55. The first-order valence-corrected chi connectivity index (χ1v) is 10.2. The van der Waals surface area contributed by atoms with Crippen LogP contribution in [0, 0.1) is 0 Å². The summed E-state index contributed by atoms with van der Waals surface area (Å²) in [7, 11) is -2.28. The maximum absolute atomic E-state index is 12.7. The second kappa shape index (κ2) is 8.67. The lowest BCUT2D eigenvalue weighted by atomic mass is 10.1. The molecule has 0 aliphatic carbocycles. The first-order valence-electron chi connectivity index (χ1n) is 8.79. The Morgan fingerprint density at radius 3 is 2.32 bits per heavy atom. The highest BCUT2D eigenvalue weighted by Crippen LogP contribution is 2.21.